The molecule has 1 aliphatic heterocycles. The average Bonchev–Trinajstić information content (AvgIpc) is 3.30. The number of aromatic nitrogens is 1. The minimum Gasteiger partial charge on any atom is -0.497 e. The highest BCUT2D eigenvalue weighted by Crippen LogP contribution is 2.47. The zero-order chi connectivity index (χ0) is 21.4. The predicted octanol–water partition coefficient (Wildman–Crippen LogP) is 5.32. The number of fused-ring (bicyclic) bond motifs is 1. The van der Waals surface area contributed by atoms with Crippen LogP contribution in [0.4, 0.5) is 0 Å². The van der Waals surface area contributed by atoms with Crippen LogP contribution < -0.4 is 9.47 Å². The Morgan fingerprint density at radius 1 is 1.13 bits per heavy atom. The van der Waals surface area contributed by atoms with Crippen molar-refractivity contribution in [1.29, 1.82) is 0 Å². The van der Waals surface area contributed by atoms with Crippen molar-refractivity contribution in [2.45, 2.75) is 45.2 Å². The smallest absolute Gasteiger partial charge is 0.223 e. The van der Waals surface area contributed by atoms with Gasteiger partial charge in [0.25, 0.3) is 0 Å². The quantitative estimate of drug-likeness (QED) is 0.556. The van der Waals surface area contributed by atoms with Gasteiger partial charge in [-0.3, -0.25) is 4.79 Å². The van der Waals surface area contributed by atoms with Gasteiger partial charge in [-0.05, 0) is 44.0 Å². The summed E-state index contributed by atoms with van der Waals surface area (Å²) in [6.45, 7) is 4.29. The molecule has 2 aromatic carbocycles. The monoisotopic (exact) mass is 406 g/mol. The van der Waals surface area contributed by atoms with Gasteiger partial charge in [-0.15, -0.1) is 0 Å². The van der Waals surface area contributed by atoms with Gasteiger partial charge in [0.1, 0.15) is 11.5 Å². The Bertz CT molecular complexity index is 1090. The summed E-state index contributed by atoms with van der Waals surface area (Å²) in [6.07, 6.45) is 2.36. The van der Waals surface area contributed by atoms with Crippen molar-refractivity contribution in [3.8, 4) is 22.8 Å². The van der Waals surface area contributed by atoms with Crippen molar-refractivity contribution in [2.75, 3.05) is 14.2 Å². The number of rotatable bonds is 6. The molecule has 5 heteroatoms. The standard InChI is InChI=1S/C25H30N2O3/c1-6-16(2)27-21(12-14-23(27)28)24-18-9-7-8-10-20(18)26(3)25(24)19-15-17(29-4)11-13-22(19)30-5/h7-11,13,15-16,21H,6,12,14H2,1-5H3/t16-,21-/m0/s1. The fraction of sp³-hybridized carbons (Fsp3) is 0.400. The highest BCUT2D eigenvalue weighted by atomic mass is 16.5. The Labute approximate surface area is 178 Å². The minimum absolute atomic E-state index is 0.0458. The van der Waals surface area contributed by atoms with Crippen molar-refractivity contribution < 1.29 is 14.3 Å². The van der Waals surface area contributed by atoms with Crippen LogP contribution in [0.25, 0.3) is 22.2 Å². The molecular formula is C25H30N2O3. The molecule has 0 aliphatic carbocycles. The first-order chi connectivity index (χ1) is 14.5. The van der Waals surface area contributed by atoms with Crippen molar-refractivity contribution in [2.24, 2.45) is 7.05 Å². The highest BCUT2D eigenvalue weighted by Gasteiger charge is 2.38. The van der Waals surface area contributed by atoms with Gasteiger partial charge in [0.2, 0.25) is 5.91 Å². The minimum atomic E-state index is 0.0458. The van der Waals surface area contributed by atoms with Crippen molar-refractivity contribution in [3.63, 3.8) is 0 Å². The summed E-state index contributed by atoms with van der Waals surface area (Å²) in [5, 5.41) is 1.19. The van der Waals surface area contributed by atoms with E-state index in [1.807, 2.05) is 18.2 Å². The van der Waals surface area contributed by atoms with Crippen LogP contribution >= 0.6 is 0 Å². The molecule has 1 aromatic heterocycles. The summed E-state index contributed by atoms with van der Waals surface area (Å²) in [7, 11) is 5.46. The lowest BCUT2D eigenvalue weighted by Crippen LogP contribution is -2.35. The molecule has 2 heterocycles. The molecule has 0 radical (unpaired) electrons. The Morgan fingerprint density at radius 2 is 1.90 bits per heavy atom. The van der Waals surface area contributed by atoms with E-state index in [1.165, 1.54) is 10.9 Å². The number of para-hydroxylation sites is 1. The van der Waals surface area contributed by atoms with E-state index >= 15 is 0 Å². The maximum Gasteiger partial charge on any atom is 0.223 e. The second kappa shape index (κ2) is 8.05. The van der Waals surface area contributed by atoms with Crippen molar-refractivity contribution in [3.05, 3.63) is 48.0 Å². The highest BCUT2D eigenvalue weighted by molar-refractivity contribution is 5.95. The molecule has 0 N–H and O–H groups in total. The Balaban J connectivity index is 2.03. The molecule has 1 amide bonds. The molecule has 1 fully saturated rings. The molecule has 1 saturated heterocycles. The van der Waals surface area contributed by atoms with Gasteiger partial charge < -0.3 is 18.9 Å². The number of likely N-dealkylation sites (tertiary alicyclic amines) is 1. The zero-order valence-corrected chi connectivity index (χ0v) is 18.4. The number of hydrogen-bond donors (Lipinski definition) is 0. The molecule has 1 aliphatic rings. The van der Waals surface area contributed by atoms with E-state index in [0.29, 0.717) is 6.42 Å². The lowest BCUT2D eigenvalue weighted by molar-refractivity contribution is -0.131. The van der Waals surface area contributed by atoms with E-state index in [9.17, 15) is 4.79 Å². The molecule has 2 atom stereocenters. The molecule has 3 aromatic rings. The lowest BCUT2D eigenvalue weighted by atomic mass is 9.95. The van der Waals surface area contributed by atoms with Gasteiger partial charge in [-0.1, -0.05) is 25.1 Å². The molecule has 0 unspecified atom stereocenters. The molecule has 0 spiro atoms. The number of ether oxygens (including phenoxy) is 2. The van der Waals surface area contributed by atoms with Gasteiger partial charge in [-0.2, -0.15) is 0 Å². The number of aryl methyl sites for hydroxylation is 1. The summed E-state index contributed by atoms with van der Waals surface area (Å²) in [4.78, 5) is 14.9. The Kier molecular flexibility index (Phi) is 5.46. The molecule has 0 bridgehead atoms. The molecule has 4 rings (SSSR count). The van der Waals surface area contributed by atoms with E-state index in [-0.39, 0.29) is 18.0 Å². The first-order valence-electron chi connectivity index (χ1n) is 10.6. The van der Waals surface area contributed by atoms with Gasteiger partial charge in [0.15, 0.2) is 0 Å². The summed E-state index contributed by atoms with van der Waals surface area (Å²) in [5.41, 5.74) is 4.41. The molecule has 30 heavy (non-hydrogen) atoms. The van der Waals surface area contributed by atoms with Crippen LogP contribution in [-0.2, 0) is 11.8 Å². The number of methoxy groups -OCH3 is 2. The van der Waals surface area contributed by atoms with E-state index in [2.05, 4.69) is 54.6 Å². The summed E-state index contributed by atoms with van der Waals surface area (Å²) < 4.78 is 13.5. The van der Waals surface area contributed by atoms with E-state index in [1.54, 1.807) is 14.2 Å². The molecular weight excluding hydrogens is 376 g/mol. The maximum absolute atomic E-state index is 12.8. The van der Waals surface area contributed by atoms with E-state index < -0.39 is 0 Å². The number of benzene rings is 2. The van der Waals surface area contributed by atoms with Crippen molar-refractivity contribution >= 4 is 16.8 Å². The molecule has 0 saturated carbocycles. The number of hydrogen-bond acceptors (Lipinski definition) is 3. The second-order valence-corrected chi connectivity index (χ2v) is 8.02. The topological polar surface area (TPSA) is 43.7 Å². The van der Waals surface area contributed by atoms with Gasteiger partial charge in [0.05, 0.1) is 26.0 Å². The lowest BCUT2D eigenvalue weighted by Gasteiger charge is -2.31. The summed E-state index contributed by atoms with van der Waals surface area (Å²) >= 11 is 0. The summed E-state index contributed by atoms with van der Waals surface area (Å²) in [6, 6.07) is 14.6. The van der Waals surface area contributed by atoms with E-state index in [4.69, 9.17) is 9.47 Å². The number of carbonyl (C=O) groups is 1. The maximum atomic E-state index is 12.8. The van der Waals surface area contributed by atoms with Crippen LogP contribution in [0.5, 0.6) is 11.5 Å². The van der Waals surface area contributed by atoms with Crippen molar-refractivity contribution in [1.82, 2.24) is 9.47 Å². The van der Waals surface area contributed by atoms with Gasteiger partial charge >= 0.3 is 0 Å². The fourth-order valence-corrected chi connectivity index (χ4v) is 4.82. The van der Waals surface area contributed by atoms with Gasteiger partial charge in [-0.25, -0.2) is 0 Å². The number of nitrogens with zero attached hydrogens (tertiary/aromatic N) is 2. The zero-order valence-electron chi connectivity index (χ0n) is 18.4. The third-order valence-corrected chi connectivity index (χ3v) is 6.46. The first kappa shape index (κ1) is 20.3. The van der Waals surface area contributed by atoms with Crippen LogP contribution in [0.1, 0.15) is 44.7 Å². The van der Waals surface area contributed by atoms with Crippen LogP contribution in [-0.4, -0.2) is 35.6 Å². The number of carbonyl (C=O) groups excluding carboxylic acids is 1. The van der Waals surface area contributed by atoms with Crippen LogP contribution in [0, 0.1) is 0 Å². The second-order valence-electron chi connectivity index (χ2n) is 8.02. The average molecular weight is 407 g/mol. The number of amides is 1. The molecule has 5 nitrogen and oxygen atoms in total. The van der Waals surface area contributed by atoms with Gasteiger partial charge in [0, 0.05) is 41.5 Å². The SMILES string of the molecule is CC[C@H](C)N1C(=O)CC[C@H]1c1c(-c2cc(OC)ccc2OC)n(C)c2ccccc12. The normalized spacial score (nSPS) is 17.6. The van der Waals surface area contributed by atoms with Crippen LogP contribution in [0.2, 0.25) is 0 Å². The first-order valence-corrected chi connectivity index (χ1v) is 10.6. The van der Waals surface area contributed by atoms with Crippen LogP contribution in [0.15, 0.2) is 42.5 Å². The molecule has 158 valence electrons. The third kappa shape index (κ3) is 3.13. The Morgan fingerprint density at radius 3 is 2.60 bits per heavy atom. The summed E-state index contributed by atoms with van der Waals surface area (Å²) in [5.74, 6) is 1.82. The van der Waals surface area contributed by atoms with E-state index in [0.717, 1.165) is 41.1 Å². The Hall–Kier alpha value is -2.95. The predicted molar refractivity (Wildman–Crippen MR) is 120 cm³/mol. The fourth-order valence-electron chi connectivity index (χ4n) is 4.82. The largest absolute Gasteiger partial charge is 0.497 e. The third-order valence-electron chi connectivity index (χ3n) is 6.46. The van der Waals surface area contributed by atoms with Crippen LogP contribution in [0.3, 0.4) is 0 Å².